The molecule has 0 heterocycles. The molecule has 0 aromatic heterocycles. The highest BCUT2D eigenvalue weighted by Gasteiger charge is 2.01. The molecule has 1 aromatic rings. The van der Waals surface area contributed by atoms with Crippen molar-refractivity contribution in [2.24, 2.45) is 5.73 Å². The van der Waals surface area contributed by atoms with Gasteiger partial charge in [0.25, 0.3) is 0 Å². The SMILES string of the molecule is N#C/C(Br)=C(/N)c1ccc(Cl)cc1. The van der Waals surface area contributed by atoms with Crippen LogP contribution in [0.5, 0.6) is 0 Å². The van der Waals surface area contributed by atoms with E-state index in [0.29, 0.717) is 15.2 Å². The Morgan fingerprint density at radius 3 is 2.38 bits per heavy atom. The minimum Gasteiger partial charge on any atom is -0.397 e. The van der Waals surface area contributed by atoms with E-state index in [1.54, 1.807) is 24.3 Å². The molecular weight excluding hydrogens is 251 g/mol. The number of allylic oxidation sites excluding steroid dienone is 1. The van der Waals surface area contributed by atoms with Crippen LogP contribution in [0, 0.1) is 11.3 Å². The monoisotopic (exact) mass is 256 g/mol. The van der Waals surface area contributed by atoms with Gasteiger partial charge in [0.05, 0.1) is 5.70 Å². The van der Waals surface area contributed by atoms with E-state index in [-0.39, 0.29) is 0 Å². The Balaban J connectivity index is 3.12. The van der Waals surface area contributed by atoms with Crippen molar-refractivity contribution in [2.75, 3.05) is 0 Å². The van der Waals surface area contributed by atoms with Crippen LogP contribution in [0.2, 0.25) is 5.02 Å². The lowest BCUT2D eigenvalue weighted by atomic mass is 10.1. The van der Waals surface area contributed by atoms with Gasteiger partial charge in [-0.2, -0.15) is 5.26 Å². The molecule has 13 heavy (non-hydrogen) atoms. The average Bonchev–Trinajstić information content (AvgIpc) is 2.17. The Morgan fingerprint density at radius 1 is 1.38 bits per heavy atom. The van der Waals surface area contributed by atoms with E-state index in [0.717, 1.165) is 5.56 Å². The number of halogens is 2. The first-order chi connectivity index (χ1) is 6.15. The first kappa shape index (κ1) is 10.1. The fourth-order valence-corrected chi connectivity index (χ4v) is 1.17. The predicted molar refractivity (Wildman–Crippen MR) is 57.1 cm³/mol. The summed E-state index contributed by atoms with van der Waals surface area (Å²) in [5.74, 6) is 0. The van der Waals surface area contributed by atoms with E-state index in [1.807, 2.05) is 6.07 Å². The molecule has 1 aromatic carbocycles. The molecule has 1 rings (SSSR count). The second-order valence-corrected chi connectivity index (χ2v) is 3.58. The van der Waals surface area contributed by atoms with E-state index in [9.17, 15) is 0 Å². The number of hydrogen-bond acceptors (Lipinski definition) is 2. The summed E-state index contributed by atoms with van der Waals surface area (Å²) in [6.45, 7) is 0. The third kappa shape index (κ3) is 2.48. The maximum Gasteiger partial charge on any atom is 0.118 e. The van der Waals surface area contributed by atoms with Crippen LogP contribution in [-0.4, -0.2) is 0 Å². The second-order valence-electron chi connectivity index (χ2n) is 2.35. The molecule has 0 bridgehead atoms. The lowest BCUT2D eigenvalue weighted by molar-refractivity contribution is 1.48. The normalized spacial score (nSPS) is 11.8. The summed E-state index contributed by atoms with van der Waals surface area (Å²) in [7, 11) is 0. The summed E-state index contributed by atoms with van der Waals surface area (Å²) in [6, 6.07) is 8.88. The maximum atomic E-state index is 8.56. The van der Waals surface area contributed by atoms with E-state index in [2.05, 4.69) is 15.9 Å². The van der Waals surface area contributed by atoms with Crippen LogP contribution in [0.4, 0.5) is 0 Å². The second kappa shape index (κ2) is 4.31. The highest BCUT2D eigenvalue weighted by Crippen LogP contribution is 2.19. The molecular formula is C9H6BrClN2. The van der Waals surface area contributed by atoms with Crippen LogP contribution in [0.1, 0.15) is 5.56 Å². The lowest BCUT2D eigenvalue weighted by Gasteiger charge is -2.00. The zero-order valence-corrected chi connectivity index (χ0v) is 8.93. The van der Waals surface area contributed by atoms with Crippen molar-refractivity contribution in [3.05, 3.63) is 39.3 Å². The number of benzene rings is 1. The summed E-state index contributed by atoms with van der Waals surface area (Å²) >= 11 is 8.75. The van der Waals surface area contributed by atoms with Crippen LogP contribution in [0.25, 0.3) is 5.70 Å². The quantitative estimate of drug-likeness (QED) is 0.787. The Hall–Kier alpha value is -0.980. The Bertz CT molecular complexity index is 376. The molecule has 0 atom stereocenters. The summed E-state index contributed by atoms with van der Waals surface area (Å²) in [5.41, 5.74) is 6.86. The standard InChI is InChI=1S/C9H6BrClN2/c10-8(5-12)9(13)6-1-3-7(11)4-2-6/h1-4H,13H2/b9-8-. The first-order valence-electron chi connectivity index (χ1n) is 3.46. The van der Waals surface area contributed by atoms with Gasteiger partial charge in [0, 0.05) is 5.02 Å². The highest BCUT2D eigenvalue weighted by atomic mass is 79.9. The van der Waals surface area contributed by atoms with Crippen LogP contribution in [0.3, 0.4) is 0 Å². The summed E-state index contributed by atoms with van der Waals surface area (Å²) in [6.07, 6.45) is 0. The van der Waals surface area contributed by atoms with Crippen LogP contribution in [0.15, 0.2) is 28.7 Å². The molecule has 0 aliphatic heterocycles. The van der Waals surface area contributed by atoms with Gasteiger partial charge in [-0.3, -0.25) is 0 Å². The smallest absolute Gasteiger partial charge is 0.118 e. The number of nitriles is 1. The zero-order valence-electron chi connectivity index (χ0n) is 6.59. The van der Waals surface area contributed by atoms with Gasteiger partial charge in [-0.25, -0.2) is 0 Å². The lowest BCUT2D eigenvalue weighted by Crippen LogP contribution is -1.97. The Labute approximate surface area is 89.7 Å². The zero-order chi connectivity index (χ0) is 9.84. The van der Waals surface area contributed by atoms with Crippen LogP contribution >= 0.6 is 27.5 Å². The Morgan fingerprint density at radius 2 is 1.92 bits per heavy atom. The van der Waals surface area contributed by atoms with Crippen molar-refractivity contribution < 1.29 is 0 Å². The number of hydrogen-bond donors (Lipinski definition) is 1. The van der Waals surface area contributed by atoms with Crippen LogP contribution < -0.4 is 5.73 Å². The van der Waals surface area contributed by atoms with Gasteiger partial charge in [-0.15, -0.1) is 0 Å². The fourth-order valence-electron chi connectivity index (χ4n) is 0.816. The Kier molecular flexibility index (Phi) is 3.35. The molecule has 2 N–H and O–H groups in total. The molecule has 2 nitrogen and oxygen atoms in total. The van der Waals surface area contributed by atoms with Crippen molar-refractivity contribution in [2.45, 2.75) is 0 Å². The predicted octanol–water partition coefficient (Wildman–Crippen LogP) is 2.89. The van der Waals surface area contributed by atoms with Gasteiger partial charge >= 0.3 is 0 Å². The maximum absolute atomic E-state index is 8.56. The van der Waals surface area contributed by atoms with E-state index in [4.69, 9.17) is 22.6 Å². The number of nitrogens with two attached hydrogens (primary N) is 1. The molecule has 0 aliphatic carbocycles. The van der Waals surface area contributed by atoms with Crippen molar-refractivity contribution in [3.63, 3.8) is 0 Å². The third-order valence-electron chi connectivity index (χ3n) is 1.49. The molecule has 0 radical (unpaired) electrons. The molecule has 0 saturated heterocycles. The minimum absolute atomic E-state index is 0.329. The molecule has 0 spiro atoms. The van der Waals surface area contributed by atoms with E-state index < -0.39 is 0 Å². The molecule has 0 fully saturated rings. The summed E-state index contributed by atoms with van der Waals surface area (Å²) in [4.78, 5) is 0. The van der Waals surface area contributed by atoms with Gasteiger partial charge in [-0.05, 0) is 33.6 Å². The molecule has 4 heteroatoms. The third-order valence-corrected chi connectivity index (χ3v) is 2.35. The van der Waals surface area contributed by atoms with Crippen molar-refractivity contribution in [3.8, 4) is 6.07 Å². The van der Waals surface area contributed by atoms with Gasteiger partial charge in [0.2, 0.25) is 0 Å². The van der Waals surface area contributed by atoms with E-state index >= 15 is 0 Å². The molecule has 66 valence electrons. The van der Waals surface area contributed by atoms with Gasteiger partial charge in [0.1, 0.15) is 10.6 Å². The molecule has 0 aliphatic rings. The largest absolute Gasteiger partial charge is 0.397 e. The van der Waals surface area contributed by atoms with E-state index in [1.165, 1.54) is 0 Å². The number of nitrogens with zero attached hydrogens (tertiary/aromatic N) is 1. The molecule has 0 unspecified atom stereocenters. The highest BCUT2D eigenvalue weighted by molar-refractivity contribution is 9.12. The van der Waals surface area contributed by atoms with Gasteiger partial charge in [0.15, 0.2) is 0 Å². The topological polar surface area (TPSA) is 49.8 Å². The summed E-state index contributed by atoms with van der Waals surface area (Å²) < 4.78 is 0.329. The molecule has 0 saturated carbocycles. The average molecular weight is 258 g/mol. The van der Waals surface area contributed by atoms with Gasteiger partial charge < -0.3 is 5.73 Å². The summed E-state index contributed by atoms with van der Waals surface area (Å²) in [5, 5.41) is 9.20. The van der Waals surface area contributed by atoms with Gasteiger partial charge in [-0.1, -0.05) is 23.7 Å². The fraction of sp³-hybridized carbons (Fsp3) is 0. The molecule has 0 amide bonds. The van der Waals surface area contributed by atoms with Crippen LogP contribution in [-0.2, 0) is 0 Å². The van der Waals surface area contributed by atoms with Crippen molar-refractivity contribution in [1.29, 1.82) is 5.26 Å². The number of rotatable bonds is 1. The van der Waals surface area contributed by atoms with Crippen molar-refractivity contribution >= 4 is 33.2 Å². The van der Waals surface area contributed by atoms with Crippen molar-refractivity contribution in [1.82, 2.24) is 0 Å². The minimum atomic E-state index is 0.329. The first-order valence-corrected chi connectivity index (χ1v) is 4.63.